The minimum atomic E-state index is 0.129. The molecule has 1 atom stereocenters. The molecule has 0 spiro atoms. The number of aliphatic imine (C=N–C) groups is 1. The Labute approximate surface area is 160 Å². The average Bonchev–Trinajstić information content (AvgIpc) is 2.54. The van der Waals surface area contributed by atoms with Crippen LogP contribution in [-0.4, -0.2) is 18.8 Å². The van der Waals surface area contributed by atoms with Gasteiger partial charge in [-0.3, -0.25) is 4.99 Å². The first kappa shape index (κ1) is 18.3. The monoisotopic (exact) mass is 374 g/mol. The third-order valence-electron chi connectivity index (χ3n) is 5.26. The van der Waals surface area contributed by atoms with Gasteiger partial charge in [-0.25, -0.2) is 0 Å². The lowest BCUT2D eigenvalue weighted by molar-refractivity contribution is 0.395. The first-order valence-electron chi connectivity index (χ1n) is 8.56. The fourth-order valence-electron chi connectivity index (χ4n) is 3.51. The van der Waals surface area contributed by atoms with E-state index < -0.39 is 0 Å². The molecule has 25 heavy (non-hydrogen) atoms. The summed E-state index contributed by atoms with van der Waals surface area (Å²) in [7, 11) is 2.14. The number of halogens is 2. The van der Waals surface area contributed by atoms with E-state index in [4.69, 9.17) is 23.2 Å². The van der Waals surface area contributed by atoms with Crippen molar-refractivity contribution in [1.29, 1.82) is 0 Å². The Bertz CT molecular complexity index is 840. The van der Waals surface area contributed by atoms with Crippen LogP contribution in [0.2, 0.25) is 10.0 Å². The van der Waals surface area contributed by atoms with Gasteiger partial charge in [0.05, 0.1) is 10.7 Å². The number of hydrogen-bond donors (Lipinski definition) is 0. The molecule has 0 saturated carbocycles. The summed E-state index contributed by atoms with van der Waals surface area (Å²) in [5.41, 5.74) is 5.49. The normalized spacial score (nSPS) is 19.3. The summed E-state index contributed by atoms with van der Waals surface area (Å²) in [4.78, 5) is 6.88. The van der Waals surface area contributed by atoms with E-state index >= 15 is 0 Å². The van der Waals surface area contributed by atoms with Crippen molar-refractivity contribution >= 4 is 40.8 Å². The van der Waals surface area contributed by atoms with Gasteiger partial charge in [0.1, 0.15) is 0 Å². The van der Waals surface area contributed by atoms with E-state index in [1.165, 1.54) is 11.3 Å². The number of rotatable bonds is 2. The zero-order valence-corrected chi connectivity index (χ0v) is 16.9. The van der Waals surface area contributed by atoms with Crippen LogP contribution >= 0.6 is 23.2 Å². The quantitative estimate of drug-likeness (QED) is 0.529. The smallest absolute Gasteiger partial charge is 0.0644 e. The Hall–Kier alpha value is -1.51. The highest BCUT2D eigenvalue weighted by atomic mass is 35.5. The fourth-order valence-corrected chi connectivity index (χ4v) is 3.89. The van der Waals surface area contributed by atoms with E-state index in [1.54, 1.807) is 0 Å². The largest absolute Gasteiger partial charge is 0.369 e. The number of benzene rings is 2. The Kier molecular flexibility index (Phi) is 4.87. The number of anilines is 1. The number of fused-ring (bicyclic) bond motifs is 1. The molecule has 2 aromatic rings. The van der Waals surface area contributed by atoms with Crippen molar-refractivity contribution in [3.63, 3.8) is 0 Å². The molecule has 2 aromatic carbocycles. The summed E-state index contributed by atoms with van der Waals surface area (Å²) in [6, 6.07) is 10.1. The molecule has 0 radical (unpaired) electrons. The summed E-state index contributed by atoms with van der Waals surface area (Å²) in [5, 5.41) is 1.45. The molecule has 2 nitrogen and oxygen atoms in total. The van der Waals surface area contributed by atoms with Gasteiger partial charge in [-0.2, -0.15) is 0 Å². The molecule has 0 aromatic heterocycles. The first-order valence-corrected chi connectivity index (χ1v) is 9.32. The van der Waals surface area contributed by atoms with Crippen LogP contribution in [-0.2, 0) is 0 Å². The molecule has 0 N–H and O–H groups in total. The number of aryl methyl sites for hydroxylation is 1. The van der Waals surface area contributed by atoms with Gasteiger partial charge < -0.3 is 4.90 Å². The van der Waals surface area contributed by atoms with E-state index in [1.807, 2.05) is 31.3 Å². The molecular formula is C21H24Cl2N2. The Morgan fingerprint density at radius 1 is 1.16 bits per heavy atom. The van der Waals surface area contributed by atoms with Gasteiger partial charge >= 0.3 is 0 Å². The minimum absolute atomic E-state index is 0.129. The zero-order chi connectivity index (χ0) is 18.4. The highest BCUT2D eigenvalue weighted by Gasteiger charge is 2.34. The molecule has 3 rings (SSSR count). The van der Waals surface area contributed by atoms with Gasteiger partial charge in [0.25, 0.3) is 0 Å². The molecule has 1 unspecified atom stereocenters. The third kappa shape index (κ3) is 3.56. The van der Waals surface area contributed by atoms with Crippen LogP contribution < -0.4 is 4.90 Å². The lowest BCUT2D eigenvalue weighted by Gasteiger charge is -2.45. The van der Waals surface area contributed by atoms with Crippen LogP contribution in [0, 0.1) is 6.92 Å². The molecule has 0 saturated heterocycles. The van der Waals surface area contributed by atoms with E-state index in [0.29, 0.717) is 5.92 Å². The molecular weight excluding hydrogens is 351 g/mol. The maximum absolute atomic E-state index is 6.55. The second-order valence-electron chi connectivity index (χ2n) is 7.60. The zero-order valence-electron chi connectivity index (χ0n) is 15.4. The van der Waals surface area contributed by atoms with Gasteiger partial charge in [-0.15, -0.1) is 0 Å². The molecule has 1 heterocycles. The van der Waals surface area contributed by atoms with Gasteiger partial charge in [-0.1, -0.05) is 36.2 Å². The van der Waals surface area contributed by atoms with E-state index in [-0.39, 0.29) is 5.54 Å². The first-order chi connectivity index (χ1) is 11.7. The second-order valence-corrected chi connectivity index (χ2v) is 8.42. The maximum Gasteiger partial charge on any atom is 0.0644 e. The van der Waals surface area contributed by atoms with Crippen LogP contribution in [0.15, 0.2) is 35.3 Å². The van der Waals surface area contributed by atoms with E-state index in [2.05, 4.69) is 49.8 Å². The number of hydrogen-bond acceptors (Lipinski definition) is 2. The molecule has 1 aliphatic heterocycles. The topological polar surface area (TPSA) is 15.6 Å². The molecule has 0 amide bonds. The van der Waals surface area contributed by atoms with Gasteiger partial charge in [0, 0.05) is 35.1 Å². The van der Waals surface area contributed by atoms with Crippen LogP contribution in [0.3, 0.4) is 0 Å². The Balaban J connectivity index is 1.98. The van der Waals surface area contributed by atoms with Crippen LogP contribution in [0.25, 0.3) is 0 Å². The summed E-state index contributed by atoms with van der Waals surface area (Å²) < 4.78 is 0. The van der Waals surface area contributed by atoms with Crippen LogP contribution in [0.4, 0.5) is 11.4 Å². The van der Waals surface area contributed by atoms with Crippen molar-refractivity contribution in [2.75, 3.05) is 11.9 Å². The van der Waals surface area contributed by atoms with Gasteiger partial charge in [0.2, 0.25) is 0 Å². The van der Waals surface area contributed by atoms with Gasteiger partial charge in [0.15, 0.2) is 0 Å². The van der Waals surface area contributed by atoms with E-state index in [9.17, 15) is 0 Å². The molecule has 1 aliphatic rings. The van der Waals surface area contributed by atoms with Crippen LogP contribution in [0.1, 0.15) is 49.8 Å². The second kappa shape index (κ2) is 6.66. The maximum atomic E-state index is 6.55. The van der Waals surface area contributed by atoms with Crippen molar-refractivity contribution in [2.24, 2.45) is 4.99 Å². The highest BCUT2D eigenvalue weighted by Crippen LogP contribution is 2.44. The fraction of sp³-hybridized carbons (Fsp3) is 0.381. The lowest BCUT2D eigenvalue weighted by atomic mass is 9.80. The van der Waals surface area contributed by atoms with Crippen molar-refractivity contribution in [2.45, 2.75) is 45.6 Å². The van der Waals surface area contributed by atoms with Crippen molar-refractivity contribution in [3.8, 4) is 0 Å². The summed E-state index contributed by atoms with van der Waals surface area (Å²) >= 11 is 12.7. The summed E-state index contributed by atoms with van der Waals surface area (Å²) in [5.74, 6) is 0.486. The molecule has 4 heteroatoms. The minimum Gasteiger partial charge on any atom is -0.369 e. The summed E-state index contributed by atoms with van der Waals surface area (Å²) in [6.07, 6.45) is 2.94. The van der Waals surface area contributed by atoms with Crippen LogP contribution in [0.5, 0.6) is 0 Å². The SMILES string of the molecule is Cc1ccc(N=Cc2cc3c(cc2Cl)N(C)C(C)(C)CC3C)cc1Cl. The molecule has 0 fully saturated rings. The predicted molar refractivity (Wildman–Crippen MR) is 110 cm³/mol. The Morgan fingerprint density at radius 2 is 1.88 bits per heavy atom. The molecule has 0 bridgehead atoms. The summed E-state index contributed by atoms with van der Waals surface area (Å²) in [6.45, 7) is 8.81. The molecule has 132 valence electrons. The lowest BCUT2D eigenvalue weighted by Crippen LogP contribution is -2.45. The molecule has 0 aliphatic carbocycles. The Morgan fingerprint density at radius 3 is 2.56 bits per heavy atom. The van der Waals surface area contributed by atoms with Crippen molar-refractivity contribution < 1.29 is 0 Å². The predicted octanol–water partition coefficient (Wildman–Crippen LogP) is 6.77. The third-order valence-corrected chi connectivity index (χ3v) is 5.99. The van der Waals surface area contributed by atoms with E-state index in [0.717, 1.165) is 33.3 Å². The van der Waals surface area contributed by atoms with Crippen molar-refractivity contribution in [3.05, 3.63) is 57.1 Å². The average molecular weight is 375 g/mol. The van der Waals surface area contributed by atoms with Gasteiger partial charge in [-0.05, 0) is 68.5 Å². The highest BCUT2D eigenvalue weighted by molar-refractivity contribution is 6.33. The van der Waals surface area contributed by atoms with Crippen molar-refractivity contribution in [1.82, 2.24) is 0 Å². The number of nitrogens with zero attached hydrogens (tertiary/aromatic N) is 2. The standard InChI is InChI=1S/C21H24Cl2N2/c1-13-6-7-16(9-18(13)22)24-12-15-8-17-14(2)11-21(3,4)25(5)20(17)10-19(15)23/h6-10,12,14H,11H2,1-5H3.